The average Bonchev–Trinajstić information content (AvgIpc) is 2.24. The Morgan fingerprint density at radius 1 is 1.62 bits per heavy atom. The maximum atomic E-state index is 10.7. The van der Waals surface area contributed by atoms with Crippen LogP contribution in [0.2, 0.25) is 0 Å². The fraction of sp³-hybridized carbons (Fsp3) is 0.111. The molecule has 3 N–H and O–H groups in total. The fourth-order valence-electron chi connectivity index (χ4n) is 0.880. The molecule has 0 radical (unpaired) electrons. The number of nitrogens with zero attached hydrogens (tertiary/aromatic N) is 2. The second-order valence-corrected chi connectivity index (χ2v) is 2.71. The second-order valence-electron chi connectivity index (χ2n) is 2.71. The van der Waals surface area contributed by atoms with Gasteiger partial charge in [0.15, 0.2) is 12.0 Å². The highest BCUT2D eigenvalue weighted by Crippen LogP contribution is 2.01. The van der Waals surface area contributed by atoms with E-state index in [0.29, 0.717) is 6.29 Å². The number of carboxylic acid groups (broad SMARTS) is 1. The van der Waals surface area contributed by atoms with Crippen molar-refractivity contribution in [1.82, 2.24) is 4.98 Å². The van der Waals surface area contributed by atoms with Gasteiger partial charge in [0.25, 0.3) is 0 Å². The zero-order valence-corrected chi connectivity index (χ0v) is 8.16. The molecule has 7 heteroatoms. The van der Waals surface area contributed by atoms with Gasteiger partial charge in [-0.1, -0.05) is 11.2 Å². The molecular weight excluding hydrogens is 214 g/mol. The number of hydrogen-bond donors (Lipinski definition) is 2. The van der Waals surface area contributed by atoms with Gasteiger partial charge < -0.3 is 15.7 Å². The van der Waals surface area contributed by atoms with Crippen LogP contribution in [0.15, 0.2) is 23.4 Å². The van der Waals surface area contributed by atoms with E-state index in [-0.39, 0.29) is 17.2 Å². The van der Waals surface area contributed by atoms with Crippen molar-refractivity contribution in [3.05, 3.63) is 23.9 Å². The molecule has 0 atom stereocenters. The number of carboxylic acids is 1. The number of carbonyl (C=O) groups is 2. The molecule has 1 aromatic heterocycles. The number of aromatic nitrogens is 1. The summed E-state index contributed by atoms with van der Waals surface area (Å²) in [7, 11) is 0. The van der Waals surface area contributed by atoms with E-state index in [1.165, 1.54) is 6.07 Å². The Hall–Kier alpha value is -2.44. The fourth-order valence-corrected chi connectivity index (χ4v) is 0.880. The monoisotopic (exact) mass is 223 g/mol. The minimum atomic E-state index is -1.19. The molecule has 0 saturated carbocycles. The molecule has 0 spiro atoms. The van der Waals surface area contributed by atoms with Gasteiger partial charge >= 0.3 is 5.97 Å². The van der Waals surface area contributed by atoms with Crippen molar-refractivity contribution < 1.29 is 19.5 Å². The van der Waals surface area contributed by atoms with Crippen LogP contribution in [0.4, 0.5) is 5.82 Å². The SMILES string of the molecule is Nc1cccc(C(C=O)=NOCC(=O)O)n1. The number of carbonyl (C=O) groups excluding carboxylic acids is 1. The summed E-state index contributed by atoms with van der Waals surface area (Å²) in [5, 5.41) is 11.6. The Morgan fingerprint density at radius 3 is 2.94 bits per heavy atom. The Balaban J connectivity index is 2.81. The van der Waals surface area contributed by atoms with Gasteiger partial charge in [-0.25, -0.2) is 9.78 Å². The van der Waals surface area contributed by atoms with Crippen LogP contribution in [0.1, 0.15) is 5.69 Å². The molecule has 0 saturated heterocycles. The molecule has 7 nitrogen and oxygen atoms in total. The molecule has 0 fully saturated rings. The molecule has 84 valence electrons. The predicted octanol–water partition coefficient (Wildman–Crippen LogP) is -0.332. The van der Waals surface area contributed by atoms with E-state index < -0.39 is 12.6 Å². The lowest BCUT2D eigenvalue weighted by Crippen LogP contribution is -2.10. The number of nitrogens with two attached hydrogens (primary N) is 1. The number of hydrogen-bond acceptors (Lipinski definition) is 6. The van der Waals surface area contributed by atoms with Crippen molar-refractivity contribution in [3.8, 4) is 0 Å². The van der Waals surface area contributed by atoms with Gasteiger partial charge in [0.2, 0.25) is 6.61 Å². The maximum Gasteiger partial charge on any atom is 0.344 e. The molecule has 0 aliphatic rings. The molecule has 0 aromatic carbocycles. The van der Waals surface area contributed by atoms with Crippen LogP contribution < -0.4 is 5.73 Å². The first-order valence-electron chi connectivity index (χ1n) is 4.23. The van der Waals surface area contributed by atoms with Crippen molar-refractivity contribution in [2.24, 2.45) is 5.16 Å². The van der Waals surface area contributed by atoms with E-state index >= 15 is 0 Å². The molecule has 0 bridgehead atoms. The standard InChI is InChI=1S/C9H9N3O4/c10-8-3-1-2-6(11-8)7(4-13)12-16-5-9(14)15/h1-4H,5H2,(H2,10,11)(H,14,15). The van der Waals surface area contributed by atoms with Gasteiger partial charge in [-0.05, 0) is 12.1 Å². The lowest BCUT2D eigenvalue weighted by Gasteiger charge is -1.99. The van der Waals surface area contributed by atoms with Crippen molar-refractivity contribution in [2.45, 2.75) is 0 Å². The number of rotatable bonds is 5. The first-order valence-corrected chi connectivity index (χ1v) is 4.23. The summed E-state index contributed by atoms with van der Waals surface area (Å²) in [4.78, 5) is 29.0. The Morgan fingerprint density at radius 2 is 2.38 bits per heavy atom. The Labute approximate surface area is 90.5 Å². The summed E-state index contributed by atoms with van der Waals surface area (Å²) in [5.41, 5.74) is 5.52. The zero-order valence-electron chi connectivity index (χ0n) is 8.16. The number of aliphatic carboxylic acids is 1. The van der Waals surface area contributed by atoms with Crippen LogP contribution >= 0.6 is 0 Å². The first-order chi connectivity index (χ1) is 7.63. The average molecular weight is 223 g/mol. The van der Waals surface area contributed by atoms with Gasteiger partial charge in [-0.15, -0.1) is 0 Å². The minimum Gasteiger partial charge on any atom is -0.479 e. The quantitative estimate of drug-likeness (QED) is 0.401. The van der Waals surface area contributed by atoms with E-state index in [1.807, 2.05) is 0 Å². The zero-order chi connectivity index (χ0) is 12.0. The number of oxime groups is 1. The van der Waals surface area contributed by atoms with Crippen LogP contribution in [-0.2, 0) is 14.4 Å². The summed E-state index contributed by atoms with van der Waals surface area (Å²) in [6.45, 7) is -0.625. The molecule has 0 aliphatic carbocycles. The van der Waals surface area contributed by atoms with Gasteiger partial charge in [0, 0.05) is 0 Å². The summed E-state index contributed by atoms with van der Waals surface area (Å²) in [6, 6.07) is 4.64. The van der Waals surface area contributed by atoms with Crippen LogP contribution in [0.3, 0.4) is 0 Å². The molecular formula is C9H9N3O4. The largest absolute Gasteiger partial charge is 0.479 e. The summed E-state index contributed by atoms with van der Waals surface area (Å²) < 4.78 is 0. The number of pyridine rings is 1. The molecule has 1 heterocycles. The van der Waals surface area contributed by atoms with Gasteiger partial charge in [-0.3, -0.25) is 4.79 Å². The lowest BCUT2D eigenvalue weighted by molar-refractivity contribution is -0.142. The third kappa shape index (κ3) is 3.37. The Bertz CT molecular complexity index is 431. The Kier molecular flexibility index (Phi) is 3.96. The van der Waals surface area contributed by atoms with Crippen molar-refractivity contribution in [2.75, 3.05) is 12.3 Å². The van der Waals surface area contributed by atoms with E-state index in [2.05, 4.69) is 15.0 Å². The van der Waals surface area contributed by atoms with E-state index in [4.69, 9.17) is 10.8 Å². The highest BCUT2D eigenvalue weighted by atomic mass is 16.6. The van der Waals surface area contributed by atoms with Gasteiger partial charge in [-0.2, -0.15) is 0 Å². The summed E-state index contributed by atoms with van der Waals surface area (Å²) >= 11 is 0. The summed E-state index contributed by atoms with van der Waals surface area (Å²) in [5.74, 6) is -0.959. The second kappa shape index (κ2) is 5.44. The molecule has 1 rings (SSSR count). The van der Waals surface area contributed by atoms with E-state index in [1.54, 1.807) is 12.1 Å². The number of nitrogen functional groups attached to an aromatic ring is 1. The molecule has 0 aliphatic heterocycles. The highest BCUT2D eigenvalue weighted by Gasteiger charge is 2.05. The van der Waals surface area contributed by atoms with Crippen LogP contribution in [-0.4, -0.2) is 34.7 Å². The van der Waals surface area contributed by atoms with Crippen molar-refractivity contribution >= 4 is 23.8 Å². The van der Waals surface area contributed by atoms with Gasteiger partial charge in [0.1, 0.15) is 5.82 Å². The van der Waals surface area contributed by atoms with Crippen LogP contribution in [0.25, 0.3) is 0 Å². The first kappa shape index (κ1) is 11.6. The van der Waals surface area contributed by atoms with Crippen LogP contribution in [0, 0.1) is 0 Å². The maximum absolute atomic E-state index is 10.7. The third-order valence-electron chi connectivity index (χ3n) is 1.50. The number of anilines is 1. The smallest absolute Gasteiger partial charge is 0.344 e. The minimum absolute atomic E-state index is 0.117. The third-order valence-corrected chi connectivity index (χ3v) is 1.50. The molecule has 0 unspecified atom stereocenters. The molecule has 1 aromatic rings. The highest BCUT2D eigenvalue weighted by molar-refractivity contribution is 6.35. The van der Waals surface area contributed by atoms with E-state index in [9.17, 15) is 9.59 Å². The van der Waals surface area contributed by atoms with Crippen LogP contribution in [0.5, 0.6) is 0 Å². The normalized spacial score (nSPS) is 10.9. The predicted molar refractivity (Wildman–Crippen MR) is 54.8 cm³/mol. The molecule has 0 amide bonds. The number of aldehydes is 1. The summed E-state index contributed by atoms with van der Waals surface area (Å²) in [6.07, 6.45) is 0.406. The lowest BCUT2D eigenvalue weighted by atomic mass is 10.2. The van der Waals surface area contributed by atoms with Crippen molar-refractivity contribution in [1.29, 1.82) is 0 Å². The molecule has 16 heavy (non-hydrogen) atoms. The van der Waals surface area contributed by atoms with Crippen molar-refractivity contribution in [3.63, 3.8) is 0 Å². The van der Waals surface area contributed by atoms with E-state index in [0.717, 1.165) is 0 Å². The van der Waals surface area contributed by atoms with Gasteiger partial charge in [0.05, 0.1) is 5.69 Å². The topological polar surface area (TPSA) is 115 Å².